The van der Waals surface area contributed by atoms with Crippen molar-refractivity contribution in [2.45, 2.75) is 25.8 Å². The molecule has 2 N–H and O–H groups in total. The fourth-order valence-electron chi connectivity index (χ4n) is 2.99. The standard InChI is InChI=1S/C17H22N6O2/c1-25-7-5-18-16(24)14-15-13-12(4-6-23(15)10-21-14)9-20-17(22-13)19-8-11-2-3-11/h9-11H,2-8H2,1H3,(H,18,24)(H,19,20,22). The van der Waals surface area contributed by atoms with E-state index in [-0.39, 0.29) is 5.91 Å². The zero-order valence-corrected chi connectivity index (χ0v) is 14.3. The van der Waals surface area contributed by atoms with Crippen LogP contribution in [0.25, 0.3) is 11.4 Å². The van der Waals surface area contributed by atoms with E-state index in [0.717, 1.165) is 42.4 Å². The summed E-state index contributed by atoms with van der Waals surface area (Å²) in [4.78, 5) is 25.9. The number of ether oxygens (including phenoxy) is 1. The fourth-order valence-corrected chi connectivity index (χ4v) is 2.99. The fraction of sp³-hybridized carbons (Fsp3) is 0.529. The minimum atomic E-state index is -0.204. The van der Waals surface area contributed by atoms with Crippen LogP contribution in [-0.2, 0) is 17.7 Å². The Bertz CT molecular complexity index is 783. The van der Waals surface area contributed by atoms with Crippen molar-refractivity contribution < 1.29 is 9.53 Å². The van der Waals surface area contributed by atoms with E-state index in [0.29, 0.717) is 24.8 Å². The minimum Gasteiger partial charge on any atom is -0.383 e. The first-order valence-corrected chi connectivity index (χ1v) is 8.68. The number of carbonyl (C=O) groups is 1. The first-order chi connectivity index (χ1) is 12.3. The Labute approximate surface area is 146 Å². The third-order valence-electron chi connectivity index (χ3n) is 4.60. The molecule has 132 valence electrons. The Hall–Kier alpha value is -2.48. The lowest BCUT2D eigenvalue weighted by Gasteiger charge is -2.19. The molecule has 2 aliphatic rings. The first kappa shape index (κ1) is 16.0. The van der Waals surface area contributed by atoms with Gasteiger partial charge in [-0.3, -0.25) is 4.79 Å². The number of rotatable bonds is 7. The van der Waals surface area contributed by atoms with Gasteiger partial charge in [-0.25, -0.2) is 15.0 Å². The Morgan fingerprint density at radius 2 is 2.28 bits per heavy atom. The molecule has 4 rings (SSSR count). The molecule has 1 amide bonds. The van der Waals surface area contributed by atoms with E-state index in [1.54, 1.807) is 13.4 Å². The van der Waals surface area contributed by atoms with Crippen LogP contribution in [0.2, 0.25) is 0 Å². The number of carbonyl (C=O) groups excluding carboxylic acids is 1. The van der Waals surface area contributed by atoms with Crippen LogP contribution in [0.5, 0.6) is 0 Å². The average Bonchev–Trinajstić information content (AvgIpc) is 3.36. The highest BCUT2D eigenvalue weighted by Gasteiger charge is 2.27. The molecule has 25 heavy (non-hydrogen) atoms. The van der Waals surface area contributed by atoms with Crippen LogP contribution in [-0.4, -0.2) is 52.2 Å². The first-order valence-electron chi connectivity index (χ1n) is 8.68. The Morgan fingerprint density at radius 1 is 1.40 bits per heavy atom. The van der Waals surface area contributed by atoms with Gasteiger partial charge in [0.25, 0.3) is 5.91 Å². The number of anilines is 1. The number of amides is 1. The summed E-state index contributed by atoms with van der Waals surface area (Å²) in [6, 6.07) is 0. The molecule has 0 saturated heterocycles. The third kappa shape index (κ3) is 3.34. The summed E-state index contributed by atoms with van der Waals surface area (Å²) in [6.07, 6.45) is 6.96. The molecule has 1 fully saturated rings. The van der Waals surface area contributed by atoms with Crippen LogP contribution in [0.1, 0.15) is 28.9 Å². The molecule has 0 spiro atoms. The number of aromatic nitrogens is 4. The van der Waals surface area contributed by atoms with E-state index >= 15 is 0 Å². The number of hydrogen-bond donors (Lipinski definition) is 2. The van der Waals surface area contributed by atoms with Gasteiger partial charge in [-0.2, -0.15) is 0 Å². The van der Waals surface area contributed by atoms with Crippen molar-refractivity contribution in [2.24, 2.45) is 5.92 Å². The van der Waals surface area contributed by atoms with Crippen molar-refractivity contribution in [3.8, 4) is 11.4 Å². The number of fused-ring (bicyclic) bond motifs is 3. The van der Waals surface area contributed by atoms with Crippen LogP contribution in [0.15, 0.2) is 12.5 Å². The summed E-state index contributed by atoms with van der Waals surface area (Å²) in [5, 5.41) is 6.13. The molecule has 0 aromatic carbocycles. The molecule has 0 radical (unpaired) electrons. The molecule has 1 aliphatic carbocycles. The van der Waals surface area contributed by atoms with Crippen molar-refractivity contribution in [1.29, 1.82) is 0 Å². The maximum atomic E-state index is 12.5. The van der Waals surface area contributed by atoms with Gasteiger partial charge in [-0.15, -0.1) is 0 Å². The minimum absolute atomic E-state index is 0.204. The van der Waals surface area contributed by atoms with Gasteiger partial charge >= 0.3 is 0 Å². The van der Waals surface area contributed by atoms with Crippen LogP contribution >= 0.6 is 0 Å². The number of imidazole rings is 1. The van der Waals surface area contributed by atoms with Gasteiger partial charge in [0, 0.05) is 38.5 Å². The zero-order chi connectivity index (χ0) is 17.2. The van der Waals surface area contributed by atoms with E-state index in [1.165, 1.54) is 12.8 Å². The smallest absolute Gasteiger partial charge is 0.272 e. The maximum absolute atomic E-state index is 12.5. The van der Waals surface area contributed by atoms with Crippen molar-refractivity contribution in [3.63, 3.8) is 0 Å². The van der Waals surface area contributed by atoms with E-state index in [4.69, 9.17) is 4.74 Å². The molecule has 2 aromatic heterocycles. The summed E-state index contributed by atoms with van der Waals surface area (Å²) < 4.78 is 6.97. The largest absolute Gasteiger partial charge is 0.383 e. The topological polar surface area (TPSA) is 94.0 Å². The molecule has 8 heteroatoms. The molecule has 1 aliphatic heterocycles. The van der Waals surface area contributed by atoms with Gasteiger partial charge in [-0.1, -0.05) is 0 Å². The van der Waals surface area contributed by atoms with Gasteiger partial charge in [0.1, 0.15) is 5.69 Å². The molecule has 3 heterocycles. The van der Waals surface area contributed by atoms with Crippen LogP contribution in [0.4, 0.5) is 5.95 Å². The molecule has 2 aromatic rings. The SMILES string of the molecule is COCCNC(=O)c1ncn2c1-c1nc(NCC3CC3)ncc1CC2. The number of hydrogen-bond acceptors (Lipinski definition) is 6. The lowest BCUT2D eigenvalue weighted by atomic mass is 10.0. The van der Waals surface area contributed by atoms with Crippen LogP contribution in [0, 0.1) is 5.92 Å². The summed E-state index contributed by atoms with van der Waals surface area (Å²) in [5.74, 6) is 1.16. The molecule has 0 atom stereocenters. The van der Waals surface area contributed by atoms with E-state index in [9.17, 15) is 4.79 Å². The lowest BCUT2D eigenvalue weighted by molar-refractivity contribution is 0.0933. The number of nitrogens with one attached hydrogen (secondary N) is 2. The Balaban J connectivity index is 1.60. The highest BCUT2D eigenvalue weighted by Crippen LogP contribution is 2.31. The van der Waals surface area contributed by atoms with Gasteiger partial charge in [0.2, 0.25) is 5.95 Å². The van der Waals surface area contributed by atoms with E-state index < -0.39 is 0 Å². The van der Waals surface area contributed by atoms with Crippen molar-refractivity contribution in [3.05, 3.63) is 23.8 Å². The summed E-state index contributed by atoms with van der Waals surface area (Å²) in [5.41, 5.74) is 3.03. The summed E-state index contributed by atoms with van der Waals surface area (Å²) in [7, 11) is 1.61. The summed E-state index contributed by atoms with van der Waals surface area (Å²) >= 11 is 0. The quantitative estimate of drug-likeness (QED) is 0.732. The predicted octanol–water partition coefficient (Wildman–Crippen LogP) is 1.09. The molecule has 0 bridgehead atoms. The van der Waals surface area contributed by atoms with Crippen molar-refractivity contribution in [1.82, 2.24) is 24.8 Å². The molecular weight excluding hydrogens is 320 g/mol. The molecule has 1 saturated carbocycles. The van der Waals surface area contributed by atoms with Crippen molar-refractivity contribution >= 4 is 11.9 Å². The highest BCUT2D eigenvalue weighted by molar-refractivity contribution is 5.98. The van der Waals surface area contributed by atoms with Crippen LogP contribution in [0.3, 0.4) is 0 Å². The maximum Gasteiger partial charge on any atom is 0.272 e. The van der Waals surface area contributed by atoms with Crippen molar-refractivity contribution in [2.75, 3.05) is 32.1 Å². The van der Waals surface area contributed by atoms with Gasteiger partial charge in [0.15, 0.2) is 5.69 Å². The summed E-state index contributed by atoms with van der Waals surface area (Å²) in [6.45, 7) is 2.60. The van der Waals surface area contributed by atoms with Gasteiger partial charge in [0.05, 0.1) is 18.6 Å². The highest BCUT2D eigenvalue weighted by atomic mass is 16.5. The van der Waals surface area contributed by atoms with Gasteiger partial charge in [-0.05, 0) is 25.2 Å². The second kappa shape index (κ2) is 6.79. The monoisotopic (exact) mass is 342 g/mol. The van der Waals surface area contributed by atoms with Crippen LogP contribution < -0.4 is 10.6 Å². The zero-order valence-electron chi connectivity index (χ0n) is 14.3. The van der Waals surface area contributed by atoms with Gasteiger partial charge < -0.3 is 19.9 Å². The number of aryl methyl sites for hydroxylation is 2. The van der Waals surface area contributed by atoms with E-state index in [1.807, 2.05) is 10.8 Å². The number of methoxy groups -OCH3 is 1. The average molecular weight is 342 g/mol. The lowest BCUT2D eigenvalue weighted by Crippen LogP contribution is -2.28. The Kier molecular flexibility index (Phi) is 4.35. The molecule has 0 unspecified atom stereocenters. The number of nitrogens with zero attached hydrogens (tertiary/aromatic N) is 4. The normalized spacial score (nSPS) is 15.4. The Morgan fingerprint density at radius 3 is 3.08 bits per heavy atom. The van der Waals surface area contributed by atoms with E-state index in [2.05, 4.69) is 25.6 Å². The molecular formula is C17H22N6O2. The third-order valence-corrected chi connectivity index (χ3v) is 4.60. The molecule has 8 nitrogen and oxygen atoms in total. The second-order valence-electron chi connectivity index (χ2n) is 6.53. The predicted molar refractivity (Wildman–Crippen MR) is 92.4 cm³/mol. The second-order valence-corrected chi connectivity index (χ2v) is 6.53.